The van der Waals surface area contributed by atoms with Crippen LogP contribution in [0.25, 0.3) is 0 Å². The summed E-state index contributed by atoms with van der Waals surface area (Å²) in [4.78, 5) is 12.0. The number of nitrogens with one attached hydrogen (secondary N) is 1. The SMILES string of the molecule is Cc1ccc(NC(=O)CCc2ccc(O)cc2O)c(C)c1. The minimum atomic E-state index is -0.102. The molecule has 21 heavy (non-hydrogen) atoms. The topological polar surface area (TPSA) is 69.6 Å². The van der Waals surface area contributed by atoms with Gasteiger partial charge in [0.15, 0.2) is 0 Å². The Morgan fingerprint density at radius 1 is 1.10 bits per heavy atom. The number of benzene rings is 2. The number of hydrogen-bond acceptors (Lipinski definition) is 3. The van der Waals surface area contributed by atoms with Gasteiger partial charge in [-0.05, 0) is 43.5 Å². The fourth-order valence-electron chi connectivity index (χ4n) is 2.18. The van der Waals surface area contributed by atoms with Gasteiger partial charge in [0.25, 0.3) is 0 Å². The van der Waals surface area contributed by atoms with E-state index >= 15 is 0 Å². The van der Waals surface area contributed by atoms with Crippen LogP contribution in [-0.4, -0.2) is 16.1 Å². The van der Waals surface area contributed by atoms with Crippen molar-refractivity contribution < 1.29 is 15.0 Å². The molecule has 0 saturated carbocycles. The van der Waals surface area contributed by atoms with Crippen molar-refractivity contribution in [1.29, 1.82) is 0 Å². The van der Waals surface area contributed by atoms with Gasteiger partial charge in [-0.15, -0.1) is 0 Å². The summed E-state index contributed by atoms with van der Waals surface area (Å²) >= 11 is 0. The fraction of sp³-hybridized carbons (Fsp3) is 0.235. The Morgan fingerprint density at radius 3 is 2.52 bits per heavy atom. The molecule has 110 valence electrons. The quantitative estimate of drug-likeness (QED) is 0.807. The van der Waals surface area contributed by atoms with Crippen LogP contribution in [0, 0.1) is 13.8 Å². The molecule has 0 fully saturated rings. The van der Waals surface area contributed by atoms with E-state index in [4.69, 9.17) is 0 Å². The van der Waals surface area contributed by atoms with Gasteiger partial charge in [0.05, 0.1) is 0 Å². The Morgan fingerprint density at radius 2 is 1.86 bits per heavy atom. The smallest absolute Gasteiger partial charge is 0.224 e. The highest BCUT2D eigenvalue weighted by Crippen LogP contribution is 2.24. The predicted molar refractivity (Wildman–Crippen MR) is 82.6 cm³/mol. The lowest BCUT2D eigenvalue weighted by Crippen LogP contribution is -2.13. The summed E-state index contributed by atoms with van der Waals surface area (Å²) in [6.07, 6.45) is 0.689. The highest BCUT2D eigenvalue weighted by atomic mass is 16.3. The van der Waals surface area contributed by atoms with Crippen LogP contribution in [0.15, 0.2) is 36.4 Å². The van der Waals surface area contributed by atoms with Crippen LogP contribution < -0.4 is 5.32 Å². The van der Waals surface area contributed by atoms with E-state index in [9.17, 15) is 15.0 Å². The molecule has 2 aromatic carbocycles. The maximum atomic E-state index is 12.0. The predicted octanol–water partition coefficient (Wildman–Crippen LogP) is 3.29. The summed E-state index contributed by atoms with van der Waals surface area (Å²) in [5.74, 6) is -0.0836. The number of phenolic OH excluding ortho intramolecular Hbond substituents is 2. The average Bonchev–Trinajstić information content (AvgIpc) is 2.41. The number of hydrogen-bond donors (Lipinski definition) is 3. The maximum absolute atomic E-state index is 12.0. The van der Waals surface area contributed by atoms with Crippen LogP contribution in [0.2, 0.25) is 0 Å². The molecule has 0 atom stereocenters. The molecule has 0 aliphatic heterocycles. The molecule has 4 heteroatoms. The van der Waals surface area contributed by atoms with E-state index in [1.54, 1.807) is 6.07 Å². The lowest BCUT2D eigenvalue weighted by Gasteiger charge is -2.09. The van der Waals surface area contributed by atoms with Crippen molar-refractivity contribution in [1.82, 2.24) is 0 Å². The number of aryl methyl sites for hydroxylation is 3. The lowest BCUT2D eigenvalue weighted by molar-refractivity contribution is -0.116. The molecule has 0 unspecified atom stereocenters. The summed E-state index contributed by atoms with van der Waals surface area (Å²) in [7, 11) is 0. The second kappa shape index (κ2) is 6.31. The minimum absolute atomic E-state index is 0.00863. The third kappa shape index (κ3) is 3.99. The molecule has 0 spiro atoms. The first kappa shape index (κ1) is 14.9. The van der Waals surface area contributed by atoms with Gasteiger partial charge in [0, 0.05) is 18.2 Å². The minimum Gasteiger partial charge on any atom is -0.508 e. The Hall–Kier alpha value is -2.49. The number of rotatable bonds is 4. The zero-order chi connectivity index (χ0) is 15.4. The Kier molecular flexibility index (Phi) is 4.48. The van der Waals surface area contributed by atoms with Crippen molar-refractivity contribution in [2.24, 2.45) is 0 Å². The van der Waals surface area contributed by atoms with E-state index in [1.807, 2.05) is 32.0 Å². The molecule has 0 bridgehead atoms. The van der Waals surface area contributed by atoms with Gasteiger partial charge < -0.3 is 15.5 Å². The number of aromatic hydroxyl groups is 2. The van der Waals surface area contributed by atoms with Crippen LogP contribution in [0.4, 0.5) is 5.69 Å². The van der Waals surface area contributed by atoms with Crippen molar-refractivity contribution in [2.75, 3.05) is 5.32 Å². The standard InChI is InChI=1S/C17H19NO3/c1-11-3-7-15(12(2)9-11)18-17(21)8-5-13-4-6-14(19)10-16(13)20/h3-4,6-7,9-10,19-20H,5,8H2,1-2H3,(H,18,21). The highest BCUT2D eigenvalue weighted by Gasteiger charge is 2.08. The van der Waals surface area contributed by atoms with Gasteiger partial charge in [0.2, 0.25) is 5.91 Å². The van der Waals surface area contributed by atoms with Crippen molar-refractivity contribution in [2.45, 2.75) is 26.7 Å². The molecular formula is C17H19NO3. The van der Waals surface area contributed by atoms with Gasteiger partial charge in [0.1, 0.15) is 11.5 Å². The number of carbonyl (C=O) groups excluding carboxylic acids is 1. The molecule has 0 radical (unpaired) electrons. The first-order valence-electron chi connectivity index (χ1n) is 6.83. The van der Waals surface area contributed by atoms with Gasteiger partial charge in [-0.1, -0.05) is 23.8 Å². The van der Waals surface area contributed by atoms with E-state index in [0.29, 0.717) is 12.0 Å². The molecule has 0 saturated heterocycles. The summed E-state index contributed by atoms with van der Waals surface area (Å²) in [6, 6.07) is 10.2. The maximum Gasteiger partial charge on any atom is 0.224 e. The molecule has 1 amide bonds. The molecule has 3 N–H and O–H groups in total. The third-order valence-electron chi connectivity index (χ3n) is 3.35. The molecule has 0 aliphatic rings. The summed E-state index contributed by atoms with van der Waals surface area (Å²) in [5.41, 5.74) is 3.62. The van der Waals surface area contributed by atoms with Crippen molar-refractivity contribution in [3.05, 3.63) is 53.1 Å². The Balaban J connectivity index is 1.96. The second-order valence-corrected chi connectivity index (χ2v) is 5.18. The van der Waals surface area contributed by atoms with E-state index in [-0.39, 0.29) is 23.8 Å². The summed E-state index contributed by atoms with van der Waals surface area (Å²) in [6.45, 7) is 3.96. The van der Waals surface area contributed by atoms with E-state index < -0.39 is 0 Å². The molecule has 2 rings (SSSR count). The zero-order valence-electron chi connectivity index (χ0n) is 12.2. The number of phenols is 2. The van der Waals surface area contributed by atoms with Crippen molar-refractivity contribution in [3.63, 3.8) is 0 Å². The molecule has 0 heterocycles. The van der Waals surface area contributed by atoms with Gasteiger partial charge in [-0.25, -0.2) is 0 Å². The zero-order valence-corrected chi connectivity index (χ0v) is 12.2. The van der Waals surface area contributed by atoms with E-state index in [0.717, 1.165) is 16.8 Å². The molecule has 2 aromatic rings. The average molecular weight is 285 g/mol. The first-order valence-corrected chi connectivity index (χ1v) is 6.83. The monoisotopic (exact) mass is 285 g/mol. The molecule has 0 aromatic heterocycles. The van der Waals surface area contributed by atoms with Crippen LogP contribution in [-0.2, 0) is 11.2 Å². The Labute approximate surface area is 124 Å². The van der Waals surface area contributed by atoms with Gasteiger partial charge in [-0.2, -0.15) is 0 Å². The van der Waals surface area contributed by atoms with Crippen molar-refractivity contribution >= 4 is 11.6 Å². The molecule has 0 aliphatic carbocycles. The fourth-order valence-corrected chi connectivity index (χ4v) is 2.18. The van der Waals surface area contributed by atoms with Crippen LogP contribution in [0.3, 0.4) is 0 Å². The van der Waals surface area contributed by atoms with E-state index in [1.165, 1.54) is 12.1 Å². The molecular weight excluding hydrogens is 266 g/mol. The van der Waals surface area contributed by atoms with E-state index in [2.05, 4.69) is 5.32 Å². The second-order valence-electron chi connectivity index (χ2n) is 5.18. The van der Waals surface area contributed by atoms with Gasteiger partial charge >= 0.3 is 0 Å². The van der Waals surface area contributed by atoms with Gasteiger partial charge in [-0.3, -0.25) is 4.79 Å². The van der Waals surface area contributed by atoms with Crippen molar-refractivity contribution in [3.8, 4) is 11.5 Å². The normalized spacial score (nSPS) is 10.4. The van der Waals surface area contributed by atoms with Crippen LogP contribution in [0.1, 0.15) is 23.1 Å². The molecule has 4 nitrogen and oxygen atoms in total. The lowest BCUT2D eigenvalue weighted by atomic mass is 10.1. The van der Waals surface area contributed by atoms with Crippen LogP contribution in [0.5, 0.6) is 11.5 Å². The first-order chi connectivity index (χ1) is 9.95. The number of anilines is 1. The van der Waals surface area contributed by atoms with Crippen LogP contribution >= 0.6 is 0 Å². The number of amides is 1. The third-order valence-corrected chi connectivity index (χ3v) is 3.35. The largest absolute Gasteiger partial charge is 0.508 e. The summed E-state index contributed by atoms with van der Waals surface area (Å²) < 4.78 is 0. The summed E-state index contributed by atoms with van der Waals surface area (Å²) in [5, 5.41) is 21.8. The highest BCUT2D eigenvalue weighted by molar-refractivity contribution is 5.91. The number of carbonyl (C=O) groups is 1. The Bertz CT molecular complexity index is 665.